The Morgan fingerprint density at radius 1 is 0.939 bits per heavy atom. The summed E-state index contributed by atoms with van der Waals surface area (Å²) < 4.78 is 10.6. The van der Waals surface area contributed by atoms with Crippen LogP contribution in [0.3, 0.4) is 0 Å². The van der Waals surface area contributed by atoms with Gasteiger partial charge in [0, 0.05) is 25.0 Å². The number of carbonyl (C=O) groups is 2. The van der Waals surface area contributed by atoms with E-state index in [1.807, 2.05) is 35.2 Å². The van der Waals surface area contributed by atoms with E-state index in [4.69, 9.17) is 9.47 Å². The second-order valence-corrected chi connectivity index (χ2v) is 7.18. The Balaban J connectivity index is 1.30. The molecule has 0 bridgehead atoms. The topological polar surface area (TPSA) is 105 Å². The van der Waals surface area contributed by atoms with Gasteiger partial charge >= 0.3 is 5.97 Å². The zero-order chi connectivity index (χ0) is 22.9. The second-order valence-electron chi connectivity index (χ2n) is 7.18. The summed E-state index contributed by atoms with van der Waals surface area (Å²) in [7, 11) is 0. The fraction of sp³-hybridized carbons (Fsp3) is 0.208. The van der Waals surface area contributed by atoms with Crippen LogP contribution in [0.25, 0.3) is 0 Å². The van der Waals surface area contributed by atoms with Gasteiger partial charge in [-0.1, -0.05) is 18.2 Å². The van der Waals surface area contributed by atoms with Gasteiger partial charge < -0.3 is 19.7 Å². The number of esters is 1. The van der Waals surface area contributed by atoms with Crippen LogP contribution in [0.5, 0.6) is 0 Å². The lowest BCUT2D eigenvalue weighted by atomic mass is 10.2. The van der Waals surface area contributed by atoms with Crippen molar-refractivity contribution >= 4 is 34.8 Å². The van der Waals surface area contributed by atoms with E-state index >= 15 is 0 Å². The van der Waals surface area contributed by atoms with E-state index in [-0.39, 0.29) is 0 Å². The standard InChI is InChI=1S/C24H23N5O4/c30-22(26-18-8-10-20(11-9-18)28-27-19-5-2-1-3-6-19)17-33-24(31)21-7-4-12-25-23(21)29-13-15-32-16-14-29/h1-12H,13-17H2,(H,26,30). The summed E-state index contributed by atoms with van der Waals surface area (Å²) in [5.74, 6) is -0.512. The van der Waals surface area contributed by atoms with Gasteiger partial charge in [0.2, 0.25) is 0 Å². The molecular formula is C24H23N5O4. The molecular weight excluding hydrogens is 422 g/mol. The normalized spacial score (nSPS) is 13.6. The number of carbonyl (C=O) groups excluding carboxylic acids is 2. The highest BCUT2D eigenvalue weighted by Crippen LogP contribution is 2.21. The number of morpholine rings is 1. The fourth-order valence-corrected chi connectivity index (χ4v) is 3.21. The smallest absolute Gasteiger partial charge is 0.342 e. The summed E-state index contributed by atoms with van der Waals surface area (Å²) >= 11 is 0. The van der Waals surface area contributed by atoms with Crippen LogP contribution in [0, 0.1) is 0 Å². The maximum Gasteiger partial charge on any atom is 0.342 e. The molecule has 0 atom stereocenters. The number of rotatable bonds is 7. The lowest BCUT2D eigenvalue weighted by Crippen LogP contribution is -2.37. The van der Waals surface area contributed by atoms with Crippen molar-refractivity contribution in [2.24, 2.45) is 10.2 Å². The van der Waals surface area contributed by atoms with Crippen LogP contribution in [-0.2, 0) is 14.3 Å². The number of nitrogens with one attached hydrogen (secondary N) is 1. The Morgan fingerprint density at radius 3 is 2.36 bits per heavy atom. The lowest BCUT2D eigenvalue weighted by molar-refractivity contribution is -0.119. The van der Waals surface area contributed by atoms with Crippen LogP contribution in [0.2, 0.25) is 0 Å². The summed E-state index contributed by atoms with van der Waals surface area (Å²) in [4.78, 5) is 31.1. The zero-order valence-corrected chi connectivity index (χ0v) is 17.9. The third-order valence-electron chi connectivity index (χ3n) is 4.84. The van der Waals surface area contributed by atoms with E-state index in [2.05, 4.69) is 20.5 Å². The number of nitrogens with zero attached hydrogens (tertiary/aromatic N) is 4. The minimum atomic E-state index is -0.601. The molecule has 1 aliphatic heterocycles. The highest BCUT2D eigenvalue weighted by molar-refractivity contribution is 5.98. The molecule has 9 heteroatoms. The Labute approximate surface area is 191 Å². The van der Waals surface area contributed by atoms with Gasteiger partial charge in [0.05, 0.1) is 24.6 Å². The summed E-state index contributed by atoms with van der Waals surface area (Å²) in [6.45, 7) is 2.00. The minimum Gasteiger partial charge on any atom is -0.452 e. The molecule has 2 aromatic carbocycles. The van der Waals surface area contributed by atoms with E-state index in [1.54, 1.807) is 42.6 Å². The number of amides is 1. The Bertz CT molecular complexity index is 1110. The fourth-order valence-electron chi connectivity index (χ4n) is 3.21. The largest absolute Gasteiger partial charge is 0.452 e. The number of hydrogen-bond donors (Lipinski definition) is 1. The Hall–Kier alpha value is -4.11. The van der Waals surface area contributed by atoms with Crippen LogP contribution in [-0.4, -0.2) is 49.8 Å². The first-order chi connectivity index (χ1) is 16.2. The summed E-state index contributed by atoms with van der Waals surface area (Å²) in [6.07, 6.45) is 1.62. The van der Waals surface area contributed by atoms with Crippen molar-refractivity contribution in [1.29, 1.82) is 0 Å². The molecule has 9 nitrogen and oxygen atoms in total. The first kappa shape index (κ1) is 22.1. The van der Waals surface area contributed by atoms with Gasteiger partial charge in [0.25, 0.3) is 5.91 Å². The van der Waals surface area contributed by atoms with Gasteiger partial charge in [0.1, 0.15) is 11.4 Å². The number of anilines is 2. The van der Waals surface area contributed by atoms with Crippen molar-refractivity contribution in [1.82, 2.24) is 4.98 Å². The third kappa shape index (κ3) is 6.20. The van der Waals surface area contributed by atoms with Crippen molar-refractivity contribution in [2.45, 2.75) is 0 Å². The molecule has 33 heavy (non-hydrogen) atoms. The van der Waals surface area contributed by atoms with Crippen LogP contribution in [0.4, 0.5) is 22.9 Å². The van der Waals surface area contributed by atoms with Gasteiger partial charge in [-0.05, 0) is 48.5 Å². The van der Waals surface area contributed by atoms with Crippen LogP contribution in [0.15, 0.2) is 83.2 Å². The molecule has 2 heterocycles. The molecule has 1 aromatic heterocycles. The third-order valence-corrected chi connectivity index (χ3v) is 4.84. The van der Waals surface area contributed by atoms with Gasteiger partial charge in [-0.15, -0.1) is 0 Å². The number of pyridine rings is 1. The number of benzene rings is 2. The Morgan fingerprint density at radius 2 is 1.64 bits per heavy atom. The summed E-state index contributed by atoms with van der Waals surface area (Å²) in [6, 6.07) is 19.6. The van der Waals surface area contributed by atoms with Crippen molar-refractivity contribution in [3.05, 3.63) is 78.5 Å². The highest BCUT2D eigenvalue weighted by Gasteiger charge is 2.21. The molecule has 1 aliphatic rings. The van der Waals surface area contributed by atoms with E-state index in [0.29, 0.717) is 49.1 Å². The molecule has 4 rings (SSSR count). The highest BCUT2D eigenvalue weighted by atomic mass is 16.5. The molecule has 1 fully saturated rings. The molecule has 1 N–H and O–H groups in total. The molecule has 3 aromatic rings. The first-order valence-corrected chi connectivity index (χ1v) is 10.5. The van der Waals surface area contributed by atoms with Crippen LogP contribution < -0.4 is 10.2 Å². The zero-order valence-electron chi connectivity index (χ0n) is 17.9. The van der Waals surface area contributed by atoms with E-state index in [0.717, 1.165) is 5.69 Å². The van der Waals surface area contributed by atoms with Gasteiger partial charge in [-0.2, -0.15) is 10.2 Å². The van der Waals surface area contributed by atoms with Gasteiger partial charge in [-0.25, -0.2) is 9.78 Å². The monoisotopic (exact) mass is 445 g/mol. The Kier molecular flexibility index (Phi) is 7.34. The molecule has 0 spiro atoms. The maximum absolute atomic E-state index is 12.6. The number of hydrogen-bond acceptors (Lipinski definition) is 8. The first-order valence-electron chi connectivity index (χ1n) is 10.5. The number of ether oxygens (including phenoxy) is 2. The maximum atomic E-state index is 12.6. The quantitative estimate of drug-likeness (QED) is 0.433. The van der Waals surface area contributed by atoms with Crippen molar-refractivity contribution < 1.29 is 19.1 Å². The molecule has 0 saturated carbocycles. The van der Waals surface area contributed by atoms with Crippen LogP contribution >= 0.6 is 0 Å². The number of aromatic nitrogens is 1. The molecule has 0 unspecified atom stereocenters. The van der Waals surface area contributed by atoms with E-state index < -0.39 is 18.5 Å². The molecule has 1 amide bonds. The summed E-state index contributed by atoms with van der Waals surface area (Å²) in [5.41, 5.74) is 2.28. The van der Waals surface area contributed by atoms with Crippen LogP contribution in [0.1, 0.15) is 10.4 Å². The average molecular weight is 445 g/mol. The van der Waals surface area contributed by atoms with Crippen molar-refractivity contribution in [2.75, 3.05) is 43.1 Å². The molecule has 168 valence electrons. The van der Waals surface area contributed by atoms with Gasteiger partial charge in [-0.3, -0.25) is 4.79 Å². The molecule has 0 aliphatic carbocycles. The van der Waals surface area contributed by atoms with E-state index in [9.17, 15) is 9.59 Å². The molecule has 0 radical (unpaired) electrons. The summed E-state index contributed by atoms with van der Waals surface area (Å²) in [5, 5.41) is 11.0. The second kappa shape index (κ2) is 11.0. The molecule has 1 saturated heterocycles. The van der Waals surface area contributed by atoms with E-state index in [1.165, 1.54) is 0 Å². The average Bonchev–Trinajstić information content (AvgIpc) is 2.88. The minimum absolute atomic E-state index is 0.320. The van der Waals surface area contributed by atoms with Crippen molar-refractivity contribution in [3.8, 4) is 0 Å². The SMILES string of the molecule is O=C(COC(=O)c1cccnc1N1CCOCC1)Nc1ccc(N=Nc2ccccc2)cc1. The lowest BCUT2D eigenvalue weighted by Gasteiger charge is -2.28. The predicted octanol–water partition coefficient (Wildman–Crippen LogP) is 4.13. The van der Waals surface area contributed by atoms with Crippen molar-refractivity contribution in [3.63, 3.8) is 0 Å². The number of azo groups is 1. The predicted molar refractivity (Wildman–Crippen MR) is 123 cm³/mol. The van der Waals surface area contributed by atoms with Gasteiger partial charge in [0.15, 0.2) is 6.61 Å².